The summed E-state index contributed by atoms with van der Waals surface area (Å²) >= 11 is 5.83. The fourth-order valence-electron chi connectivity index (χ4n) is 1.59. The zero-order chi connectivity index (χ0) is 13.3. The van der Waals surface area contributed by atoms with E-state index in [0.717, 1.165) is 0 Å². The minimum Gasteiger partial charge on any atom is -0.384 e. The van der Waals surface area contributed by atoms with E-state index in [9.17, 15) is 4.39 Å². The average Bonchev–Trinajstić information content (AvgIpc) is 2.26. The number of nitrogen functional groups attached to an aromatic ring is 1. The van der Waals surface area contributed by atoms with Gasteiger partial charge in [0.1, 0.15) is 17.5 Å². The summed E-state index contributed by atoms with van der Waals surface area (Å²) in [5.74, 6) is 0.742. The van der Waals surface area contributed by atoms with Crippen LogP contribution in [0, 0.1) is 5.82 Å². The molecule has 2 rings (SSSR count). The number of nitrogens with two attached hydrogens (primary N) is 1. The highest BCUT2D eigenvalue weighted by Gasteiger charge is 2.09. The Labute approximate surface area is 110 Å². The summed E-state index contributed by atoms with van der Waals surface area (Å²) in [5, 5.41) is 0.327. The number of hydrogen-bond donors (Lipinski definition) is 1. The zero-order valence-electron chi connectivity index (χ0n) is 10.1. The molecule has 2 N–H and O–H groups in total. The first kappa shape index (κ1) is 12.8. The van der Waals surface area contributed by atoms with Crippen LogP contribution in [0.1, 0.15) is 25.6 Å². The summed E-state index contributed by atoms with van der Waals surface area (Å²) < 4.78 is 13.3. The minimum atomic E-state index is -0.402. The fraction of sp³-hybridized carbons (Fsp3) is 0.231. The molecule has 0 aliphatic heterocycles. The molecule has 0 amide bonds. The normalized spacial score (nSPS) is 10.9. The van der Waals surface area contributed by atoms with Crippen molar-refractivity contribution in [3.63, 3.8) is 0 Å². The van der Waals surface area contributed by atoms with Crippen molar-refractivity contribution < 1.29 is 4.39 Å². The Morgan fingerprint density at radius 3 is 2.50 bits per heavy atom. The van der Waals surface area contributed by atoms with E-state index >= 15 is 0 Å². The van der Waals surface area contributed by atoms with E-state index < -0.39 is 5.82 Å². The van der Waals surface area contributed by atoms with Crippen molar-refractivity contribution in [1.82, 2.24) is 9.97 Å². The van der Waals surface area contributed by atoms with Crippen LogP contribution in [-0.2, 0) is 0 Å². The molecule has 1 aromatic heterocycles. The summed E-state index contributed by atoms with van der Waals surface area (Å²) in [6.45, 7) is 3.94. The third kappa shape index (κ3) is 2.76. The van der Waals surface area contributed by atoms with Crippen molar-refractivity contribution >= 4 is 17.4 Å². The van der Waals surface area contributed by atoms with E-state index in [1.54, 1.807) is 12.1 Å². The largest absolute Gasteiger partial charge is 0.384 e. The van der Waals surface area contributed by atoms with Crippen molar-refractivity contribution in [1.29, 1.82) is 0 Å². The van der Waals surface area contributed by atoms with Crippen molar-refractivity contribution in [2.75, 3.05) is 5.73 Å². The second-order valence-corrected chi connectivity index (χ2v) is 4.79. The maximum Gasteiger partial charge on any atom is 0.133 e. The van der Waals surface area contributed by atoms with Crippen LogP contribution in [-0.4, -0.2) is 9.97 Å². The molecule has 0 radical (unpaired) electrons. The third-order valence-electron chi connectivity index (χ3n) is 2.44. The highest BCUT2D eigenvalue weighted by molar-refractivity contribution is 6.30. The molecule has 0 spiro atoms. The molecule has 0 saturated heterocycles. The highest BCUT2D eigenvalue weighted by Crippen LogP contribution is 2.25. The molecule has 1 heterocycles. The Morgan fingerprint density at radius 2 is 1.89 bits per heavy atom. The van der Waals surface area contributed by atoms with Gasteiger partial charge in [0.15, 0.2) is 0 Å². The standard InChI is InChI=1S/C13H13ClFN3/c1-7(2)13-17-11(6-12(16)18-13)8-3-9(14)5-10(15)4-8/h3-7H,1-2H3,(H2,16,17,18). The van der Waals surface area contributed by atoms with Crippen LogP contribution in [0.2, 0.25) is 5.02 Å². The first-order valence-electron chi connectivity index (χ1n) is 5.56. The molecule has 18 heavy (non-hydrogen) atoms. The molecule has 0 atom stereocenters. The molecule has 2 aromatic rings. The molecule has 1 aromatic carbocycles. The number of aromatic nitrogens is 2. The summed E-state index contributed by atoms with van der Waals surface area (Å²) in [6.07, 6.45) is 0. The summed E-state index contributed by atoms with van der Waals surface area (Å²) in [4.78, 5) is 8.51. The Bertz CT molecular complexity index is 564. The zero-order valence-corrected chi connectivity index (χ0v) is 10.9. The van der Waals surface area contributed by atoms with Gasteiger partial charge in [-0.2, -0.15) is 0 Å². The molecular weight excluding hydrogens is 253 g/mol. The average molecular weight is 266 g/mol. The van der Waals surface area contributed by atoms with Crippen LogP contribution in [0.4, 0.5) is 10.2 Å². The summed E-state index contributed by atoms with van der Waals surface area (Å²) in [7, 11) is 0. The maximum absolute atomic E-state index is 13.3. The fourth-order valence-corrected chi connectivity index (χ4v) is 1.81. The van der Waals surface area contributed by atoms with Gasteiger partial charge in [0.05, 0.1) is 5.69 Å². The van der Waals surface area contributed by atoms with Gasteiger partial charge in [-0.05, 0) is 18.2 Å². The van der Waals surface area contributed by atoms with Crippen molar-refractivity contribution in [3.05, 3.63) is 40.9 Å². The number of halogens is 2. The predicted octanol–water partition coefficient (Wildman–Crippen LogP) is 3.64. The van der Waals surface area contributed by atoms with Crippen LogP contribution in [0.3, 0.4) is 0 Å². The molecule has 0 bridgehead atoms. The van der Waals surface area contributed by atoms with Gasteiger partial charge in [0.2, 0.25) is 0 Å². The lowest BCUT2D eigenvalue weighted by molar-refractivity contribution is 0.628. The van der Waals surface area contributed by atoms with E-state index in [1.807, 2.05) is 13.8 Å². The van der Waals surface area contributed by atoms with Gasteiger partial charge in [0, 0.05) is 22.6 Å². The topological polar surface area (TPSA) is 51.8 Å². The molecule has 0 saturated carbocycles. The van der Waals surface area contributed by atoms with Gasteiger partial charge < -0.3 is 5.73 Å². The number of benzene rings is 1. The Morgan fingerprint density at radius 1 is 1.17 bits per heavy atom. The summed E-state index contributed by atoms with van der Waals surface area (Å²) in [6, 6.07) is 5.88. The number of rotatable bonds is 2. The molecule has 0 aliphatic rings. The van der Waals surface area contributed by atoms with Gasteiger partial charge in [0.25, 0.3) is 0 Å². The minimum absolute atomic E-state index is 0.149. The van der Waals surface area contributed by atoms with Gasteiger partial charge in [-0.25, -0.2) is 14.4 Å². The SMILES string of the molecule is CC(C)c1nc(N)cc(-c2cc(F)cc(Cl)c2)n1. The Balaban J connectivity index is 2.56. The molecule has 94 valence electrons. The lowest BCUT2D eigenvalue weighted by atomic mass is 10.1. The monoisotopic (exact) mass is 265 g/mol. The Kier molecular flexibility index (Phi) is 3.48. The van der Waals surface area contributed by atoms with Crippen LogP contribution in [0.25, 0.3) is 11.3 Å². The molecule has 0 aliphatic carbocycles. The van der Waals surface area contributed by atoms with Crippen LogP contribution >= 0.6 is 11.6 Å². The molecule has 3 nitrogen and oxygen atoms in total. The van der Waals surface area contributed by atoms with Crippen molar-refractivity contribution in [2.24, 2.45) is 0 Å². The number of nitrogens with zero attached hydrogens (tertiary/aromatic N) is 2. The first-order chi connectivity index (χ1) is 8.45. The van der Waals surface area contributed by atoms with Crippen LogP contribution in [0.5, 0.6) is 0 Å². The van der Waals surface area contributed by atoms with Crippen molar-refractivity contribution in [3.8, 4) is 11.3 Å². The second kappa shape index (κ2) is 4.90. The molecule has 0 fully saturated rings. The van der Waals surface area contributed by atoms with Crippen LogP contribution < -0.4 is 5.73 Å². The van der Waals surface area contributed by atoms with E-state index in [4.69, 9.17) is 17.3 Å². The number of hydrogen-bond acceptors (Lipinski definition) is 3. The van der Waals surface area contributed by atoms with Crippen LogP contribution in [0.15, 0.2) is 24.3 Å². The van der Waals surface area contributed by atoms with Gasteiger partial charge >= 0.3 is 0 Å². The van der Waals surface area contributed by atoms with Gasteiger partial charge in [-0.1, -0.05) is 25.4 Å². The Hall–Kier alpha value is -1.68. The second-order valence-electron chi connectivity index (χ2n) is 4.35. The lowest BCUT2D eigenvalue weighted by Crippen LogP contribution is -2.03. The van der Waals surface area contributed by atoms with E-state index in [0.29, 0.717) is 27.9 Å². The van der Waals surface area contributed by atoms with Gasteiger partial charge in [-0.15, -0.1) is 0 Å². The van der Waals surface area contributed by atoms with Gasteiger partial charge in [-0.3, -0.25) is 0 Å². The molecule has 5 heteroatoms. The molecule has 0 unspecified atom stereocenters. The summed E-state index contributed by atoms with van der Waals surface area (Å²) in [5.41, 5.74) is 6.90. The molecular formula is C13H13ClFN3. The first-order valence-corrected chi connectivity index (χ1v) is 5.94. The van der Waals surface area contributed by atoms with E-state index in [-0.39, 0.29) is 5.92 Å². The quantitative estimate of drug-likeness (QED) is 0.902. The van der Waals surface area contributed by atoms with E-state index in [1.165, 1.54) is 12.1 Å². The third-order valence-corrected chi connectivity index (χ3v) is 2.66. The smallest absolute Gasteiger partial charge is 0.133 e. The maximum atomic E-state index is 13.3. The van der Waals surface area contributed by atoms with E-state index in [2.05, 4.69) is 9.97 Å². The lowest BCUT2D eigenvalue weighted by Gasteiger charge is -2.08. The van der Waals surface area contributed by atoms with Crippen molar-refractivity contribution in [2.45, 2.75) is 19.8 Å². The predicted molar refractivity (Wildman–Crippen MR) is 70.9 cm³/mol. The number of anilines is 1. The highest BCUT2D eigenvalue weighted by atomic mass is 35.5.